The average Bonchev–Trinajstić information content (AvgIpc) is 2.53. The highest BCUT2D eigenvalue weighted by Gasteiger charge is 1.99. The van der Waals surface area contributed by atoms with Gasteiger partial charge in [0.25, 0.3) is 0 Å². The molecule has 1 aromatic rings. The highest BCUT2D eigenvalue weighted by Crippen LogP contribution is 2.03. The van der Waals surface area contributed by atoms with E-state index in [-0.39, 0.29) is 5.78 Å². The van der Waals surface area contributed by atoms with E-state index >= 15 is 0 Å². The van der Waals surface area contributed by atoms with Gasteiger partial charge in [0.1, 0.15) is 0 Å². The van der Waals surface area contributed by atoms with Crippen molar-refractivity contribution in [3.05, 3.63) is 29.7 Å². The summed E-state index contributed by atoms with van der Waals surface area (Å²) in [5, 5.41) is 3.05. The zero-order chi connectivity index (χ0) is 9.68. The predicted molar refractivity (Wildman–Crippen MR) is 53.5 cm³/mol. The van der Waals surface area contributed by atoms with Gasteiger partial charge in [-0.1, -0.05) is 0 Å². The molecule has 0 amide bonds. The fraction of sp³-hybridized carbons (Fsp3) is 0.300. The van der Waals surface area contributed by atoms with Gasteiger partial charge in [-0.25, -0.2) is 0 Å². The fourth-order valence-corrected chi connectivity index (χ4v) is 0.981. The van der Waals surface area contributed by atoms with Gasteiger partial charge in [-0.3, -0.25) is 4.79 Å². The van der Waals surface area contributed by atoms with Crippen molar-refractivity contribution in [2.24, 2.45) is 0 Å². The first-order valence-electron chi connectivity index (χ1n) is 4.34. The van der Waals surface area contributed by atoms with Crippen LogP contribution in [0.5, 0.6) is 0 Å². The molecule has 1 heterocycles. The molecule has 0 saturated heterocycles. The van der Waals surface area contributed by atoms with Gasteiger partial charge in [-0.15, -0.1) is 0 Å². The number of rotatable bonds is 4. The summed E-state index contributed by atoms with van der Waals surface area (Å²) in [5.74, 6) is 0.0584. The van der Waals surface area contributed by atoms with E-state index < -0.39 is 0 Å². The molecule has 0 spiro atoms. The number of hydrogen-bond donors (Lipinski definition) is 2. The van der Waals surface area contributed by atoms with Crippen LogP contribution in [0.4, 0.5) is 0 Å². The van der Waals surface area contributed by atoms with Crippen LogP contribution in [0.1, 0.15) is 30.0 Å². The van der Waals surface area contributed by atoms with Crippen LogP contribution in [0, 0.1) is 0 Å². The number of nitrogens with one attached hydrogen (secondary N) is 2. The Bertz CT molecular complexity index is 312. The molecule has 1 aromatic heterocycles. The van der Waals surface area contributed by atoms with E-state index in [2.05, 4.69) is 10.3 Å². The monoisotopic (exact) mass is 178 g/mol. The van der Waals surface area contributed by atoms with Gasteiger partial charge in [0.2, 0.25) is 0 Å². The second-order valence-corrected chi connectivity index (χ2v) is 2.77. The maximum absolute atomic E-state index is 10.9. The molecule has 0 saturated carbocycles. The van der Waals surface area contributed by atoms with Gasteiger partial charge in [-0.2, -0.15) is 0 Å². The molecule has 0 aliphatic rings. The Balaban J connectivity index is 2.64. The van der Waals surface area contributed by atoms with Gasteiger partial charge in [-0.05, 0) is 31.3 Å². The second kappa shape index (κ2) is 4.50. The molecule has 70 valence electrons. The Morgan fingerprint density at radius 1 is 1.62 bits per heavy atom. The number of carbonyl (C=O) groups is 1. The third-order valence-corrected chi connectivity index (χ3v) is 1.67. The quantitative estimate of drug-likeness (QED) is 0.690. The lowest BCUT2D eigenvalue weighted by atomic mass is 10.3. The van der Waals surface area contributed by atoms with Crippen molar-refractivity contribution < 1.29 is 4.79 Å². The number of hydrogen-bond acceptors (Lipinski definition) is 2. The van der Waals surface area contributed by atoms with Crippen LogP contribution >= 0.6 is 0 Å². The Morgan fingerprint density at radius 2 is 2.38 bits per heavy atom. The number of aromatic nitrogens is 1. The summed E-state index contributed by atoms with van der Waals surface area (Å²) in [5.41, 5.74) is 1.59. The first-order chi connectivity index (χ1) is 6.24. The molecule has 0 atom stereocenters. The lowest BCUT2D eigenvalue weighted by Crippen LogP contribution is -2.01. The van der Waals surface area contributed by atoms with Gasteiger partial charge in [0.15, 0.2) is 5.78 Å². The minimum atomic E-state index is 0.0584. The molecule has 0 fully saturated rings. The Kier molecular flexibility index (Phi) is 3.31. The zero-order valence-corrected chi connectivity index (χ0v) is 7.92. The van der Waals surface area contributed by atoms with Crippen LogP contribution in [-0.2, 0) is 0 Å². The molecule has 0 aromatic carbocycles. The third kappa shape index (κ3) is 2.78. The Hall–Kier alpha value is -1.51. The normalized spacial score (nSPS) is 10.6. The van der Waals surface area contributed by atoms with Gasteiger partial charge < -0.3 is 10.3 Å². The van der Waals surface area contributed by atoms with Crippen LogP contribution in [0.2, 0.25) is 0 Å². The molecular weight excluding hydrogens is 164 g/mol. The van der Waals surface area contributed by atoms with Crippen molar-refractivity contribution in [2.75, 3.05) is 6.54 Å². The first kappa shape index (κ1) is 9.58. The predicted octanol–water partition coefficient (Wildman–Crippen LogP) is 1.80. The molecule has 3 nitrogen and oxygen atoms in total. The summed E-state index contributed by atoms with van der Waals surface area (Å²) >= 11 is 0. The minimum absolute atomic E-state index is 0.0584. The smallest absolute Gasteiger partial charge is 0.175 e. The van der Waals surface area contributed by atoms with E-state index in [1.807, 2.05) is 25.3 Å². The van der Waals surface area contributed by atoms with Crippen molar-refractivity contribution in [1.29, 1.82) is 0 Å². The van der Waals surface area contributed by atoms with Gasteiger partial charge in [0.05, 0.1) is 5.69 Å². The van der Waals surface area contributed by atoms with E-state index in [0.717, 1.165) is 12.2 Å². The van der Waals surface area contributed by atoms with Crippen LogP contribution in [-0.4, -0.2) is 17.3 Å². The summed E-state index contributed by atoms with van der Waals surface area (Å²) in [4.78, 5) is 13.9. The molecular formula is C10H14N2O. The molecule has 0 bridgehead atoms. The van der Waals surface area contributed by atoms with Crippen LogP contribution in [0.3, 0.4) is 0 Å². The van der Waals surface area contributed by atoms with E-state index in [0.29, 0.717) is 5.69 Å². The van der Waals surface area contributed by atoms with Crippen molar-refractivity contribution in [3.8, 4) is 0 Å². The molecule has 0 radical (unpaired) electrons. The topological polar surface area (TPSA) is 44.9 Å². The van der Waals surface area contributed by atoms with Crippen molar-refractivity contribution in [1.82, 2.24) is 10.3 Å². The number of H-pyrrole nitrogens is 1. The van der Waals surface area contributed by atoms with Crippen LogP contribution in [0.25, 0.3) is 6.08 Å². The summed E-state index contributed by atoms with van der Waals surface area (Å²) in [6.07, 6.45) is 3.76. The van der Waals surface area contributed by atoms with E-state index in [1.165, 1.54) is 0 Å². The van der Waals surface area contributed by atoms with Gasteiger partial charge in [0, 0.05) is 19.2 Å². The molecule has 1 rings (SSSR count). The highest BCUT2D eigenvalue weighted by atomic mass is 16.1. The summed E-state index contributed by atoms with van der Waals surface area (Å²) in [6.45, 7) is 4.47. The number of Topliss-reactive ketones (excluding diaryl/α,β-unsaturated/α-hetero) is 1. The Labute approximate surface area is 77.9 Å². The van der Waals surface area contributed by atoms with E-state index in [1.54, 1.807) is 13.0 Å². The van der Waals surface area contributed by atoms with E-state index in [4.69, 9.17) is 0 Å². The minimum Gasteiger partial charge on any atom is -0.391 e. The lowest BCUT2D eigenvalue weighted by molar-refractivity contribution is 0.101. The lowest BCUT2D eigenvalue weighted by Gasteiger charge is -1.91. The maximum atomic E-state index is 10.9. The third-order valence-electron chi connectivity index (χ3n) is 1.67. The number of carbonyl (C=O) groups excluding carboxylic acids is 1. The number of aromatic amines is 1. The average molecular weight is 178 g/mol. The fourth-order valence-electron chi connectivity index (χ4n) is 0.981. The van der Waals surface area contributed by atoms with E-state index in [9.17, 15) is 4.79 Å². The van der Waals surface area contributed by atoms with Crippen molar-refractivity contribution >= 4 is 11.9 Å². The summed E-state index contributed by atoms with van der Waals surface area (Å²) < 4.78 is 0. The molecule has 3 heteroatoms. The zero-order valence-electron chi connectivity index (χ0n) is 7.92. The summed E-state index contributed by atoms with van der Waals surface area (Å²) in [7, 11) is 0. The second-order valence-electron chi connectivity index (χ2n) is 2.77. The molecule has 2 N–H and O–H groups in total. The Morgan fingerprint density at radius 3 is 2.92 bits per heavy atom. The number of ketones is 1. The molecule has 13 heavy (non-hydrogen) atoms. The van der Waals surface area contributed by atoms with Gasteiger partial charge >= 0.3 is 0 Å². The highest BCUT2D eigenvalue weighted by molar-refractivity contribution is 5.92. The van der Waals surface area contributed by atoms with Crippen molar-refractivity contribution in [2.45, 2.75) is 13.8 Å². The standard InChI is InChI=1S/C10H14N2O/c1-3-11-7-6-9-4-5-10(12-9)8(2)13/h4-7,11-12H,3H2,1-2H3/b7-6+. The molecule has 0 unspecified atom stereocenters. The first-order valence-corrected chi connectivity index (χ1v) is 4.34. The molecule has 0 aliphatic heterocycles. The van der Waals surface area contributed by atoms with Crippen molar-refractivity contribution in [3.63, 3.8) is 0 Å². The maximum Gasteiger partial charge on any atom is 0.175 e. The molecule has 0 aliphatic carbocycles. The largest absolute Gasteiger partial charge is 0.391 e. The van der Waals surface area contributed by atoms with Crippen LogP contribution in [0.15, 0.2) is 18.3 Å². The van der Waals surface area contributed by atoms with Crippen LogP contribution < -0.4 is 5.32 Å². The SMILES string of the molecule is CCN/C=C/c1ccc(C(C)=O)[nH]1. The summed E-state index contributed by atoms with van der Waals surface area (Å²) in [6, 6.07) is 3.67.